The third kappa shape index (κ3) is 4.20. The molecule has 7 heteroatoms. The Morgan fingerprint density at radius 2 is 1.84 bits per heavy atom. The van der Waals surface area contributed by atoms with Gasteiger partial charge in [-0.2, -0.15) is 0 Å². The molecule has 0 N–H and O–H groups in total. The summed E-state index contributed by atoms with van der Waals surface area (Å²) in [6.45, 7) is 6.58. The molecule has 0 atom stereocenters. The molecule has 2 aromatic carbocycles. The van der Waals surface area contributed by atoms with E-state index in [1.807, 2.05) is 75.4 Å². The lowest BCUT2D eigenvalue weighted by atomic mass is 10.2. The normalized spacial score (nSPS) is 16.4. The van der Waals surface area contributed by atoms with Gasteiger partial charge in [0.25, 0.3) is 5.91 Å². The van der Waals surface area contributed by atoms with Gasteiger partial charge >= 0.3 is 0 Å². The smallest absolute Gasteiger partial charge is 0.266 e. The second kappa shape index (κ2) is 9.27. The number of ether oxygens (including phenoxy) is 1. The number of aliphatic imine (C=N–C) groups is 1. The summed E-state index contributed by atoms with van der Waals surface area (Å²) in [5, 5.41) is 1.36. The van der Waals surface area contributed by atoms with Gasteiger partial charge in [0.05, 0.1) is 28.4 Å². The van der Waals surface area contributed by atoms with Gasteiger partial charge in [-0.05, 0) is 86.6 Å². The molecule has 4 rings (SSSR count). The number of nitrogens with zero attached hydrogens (tertiary/aromatic N) is 3. The van der Waals surface area contributed by atoms with E-state index in [9.17, 15) is 4.79 Å². The van der Waals surface area contributed by atoms with Crippen molar-refractivity contribution in [3.05, 3.63) is 81.5 Å². The van der Waals surface area contributed by atoms with Crippen LogP contribution in [0.2, 0.25) is 5.02 Å². The number of hydrogen-bond donors (Lipinski definition) is 0. The zero-order valence-electron chi connectivity index (χ0n) is 18.4. The second-order valence-electron chi connectivity index (χ2n) is 7.37. The van der Waals surface area contributed by atoms with E-state index < -0.39 is 0 Å². The van der Waals surface area contributed by atoms with E-state index in [1.165, 1.54) is 11.8 Å². The average Bonchev–Trinajstić information content (AvgIpc) is 3.23. The van der Waals surface area contributed by atoms with Crippen LogP contribution < -0.4 is 4.74 Å². The van der Waals surface area contributed by atoms with E-state index in [-0.39, 0.29) is 5.91 Å². The standard InChI is InChI=1S/C25H24ClN3O2S/c1-5-28-24(30)23(32-25(28)27-19-10-12-20(31-4)13-11-19)15-18-14-16(2)29(17(18)3)22-9-7-6-8-21(22)26/h6-15H,5H2,1-4H3/b23-15+,27-25?. The fraction of sp³-hybridized carbons (Fsp3) is 0.200. The van der Waals surface area contributed by atoms with Gasteiger partial charge in [0.1, 0.15) is 5.75 Å². The van der Waals surface area contributed by atoms with E-state index in [2.05, 4.69) is 10.6 Å². The van der Waals surface area contributed by atoms with Crippen molar-refractivity contribution in [3.8, 4) is 11.4 Å². The Morgan fingerprint density at radius 1 is 1.12 bits per heavy atom. The summed E-state index contributed by atoms with van der Waals surface area (Å²) >= 11 is 7.83. The molecule has 5 nitrogen and oxygen atoms in total. The fourth-order valence-electron chi connectivity index (χ4n) is 3.72. The summed E-state index contributed by atoms with van der Waals surface area (Å²) in [5.41, 5.74) is 4.77. The molecule has 0 saturated carbocycles. The Hall–Kier alpha value is -2.96. The number of amidine groups is 1. The topological polar surface area (TPSA) is 46.8 Å². The van der Waals surface area contributed by atoms with Crippen molar-refractivity contribution in [2.45, 2.75) is 20.8 Å². The van der Waals surface area contributed by atoms with Crippen molar-refractivity contribution >= 4 is 46.2 Å². The Kier molecular flexibility index (Phi) is 6.44. The van der Waals surface area contributed by atoms with Crippen molar-refractivity contribution in [1.82, 2.24) is 9.47 Å². The van der Waals surface area contributed by atoms with Crippen molar-refractivity contribution in [1.29, 1.82) is 0 Å². The minimum atomic E-state index is -0.0349. The van der Waals surface area contributed by atoms with E-state index in [4.69, 9.17) is 21.3 Å². The number of aryl methyl sites for hydroxylation is 1. The van der Waals surface area contributed by atoms with Crippen molar-refractivity contribution in [2.75, 3.05) is 13.7 Å². The number of hydrogen-bond acceptors (Lipinski definition) is 4. The molecule has 32 heavy (non-hydrogen) atoms. The number of amides is 1. The van der Waals surface area contributed by atoms with Gasteiger partial charge in [-0.25, -0.2) is 4.99 Å². The second-order valence-corrected chi connectivity index (χ2v) is 8.78. The highest BCUT2D eigenvalue weighted by Crippen LogP contribution is 2.36. The lowest BCUT2D eigenvalue weighted by Gasteiger charge is -2.12. The molecule has 0 spiro atoms. The van der Waals surface area contributed by atoms with Crippen molar-refractivity contribution in [2.24, 2.45) is 4.99 Å². The SMILES string of the molecule is CCN1C(=O)/C(=C\c2cc(C)n(-c3ccccc3Cl)c2C)SC1=Nc1ccc(OC)cc1. The summed E-state index contributed by atoms with van der Waals surface area (Å²) in [6, 6.07) is 17.3. The molecule has 0 bridgehead atoms. The zero-order chi connectivity index (χ0) is 22.8. The maximum atomic E-state index is 13.1. The monoisotopic (exact) mass is 465 g/mol. The molecule has 1 aromatic heterocycles. The van der Waals surface area contributed by atoms with Gasteiger partial charge in [0, 0.05) is 17.9 Å². The number of para-hydroxylation sites is 1. The third-order valence-electron chi connectivity index (χ3n) is 5.35. The van der Waals surface area contributed by atoms with Crippen LogP contribution in [-0.2, 0) is 4.79 Å². The van der Waals surface area contributed by atoms with Crippen LogP contribution in [0.5, 0.6) is 5.75 Å². The first-order valence-electron chi connectivity index (χ1n) is 10.3. The first kappa shape index (κ1) is 22.2. The highest BCUT2D eigenvalue weighted by atomic mass is 35.5. The number of thioether (sulfide) groups is 1. The number of halogens is 1. The van der Waals surface area contributed by atoms with Crippen LogP contribution in [0.25, 0.3) is 11.8 Å². The Balaban J connectivity index is 1.69. The quantitative estimate of drug-likeness (QED) is 0.411. The highest BCUT2D eigenvalue weighted by Gasteiger charge is 2.32. The zero-order valence-corrected chi connectivity index (χ0v) is 20.0. The molecule has 3 aromatic rings. The number of benzene rings is 2. The third-order valence-corrected chi connectivity index (χ3v) is 6.68. The molecule has 0 radical (unpaired) electrons. The van der Waals surface area contributed by atoms with E-state index in [1.54, 1.807) is 12.0 Å². The summed E-state index contributed by atoms with van der Waals surface area (Å²) in [7, 11) is 1.63. The van der Waals surface area contributed by atoms with Gasteiger partial charge in [-0.3, -0.25) is 9.69 Å². The van der Waals surface area contributed by atoms with Crippen LogP contribution in [0.15, 0.2) is 64.5 Å². The Bertz CT molecular complexity index is 1230. The number of carbonyl (C=O) groups excluding carboxylic acids is 1. The van der Waals surface area contributed by atoms with Crippen LogP contribution in [0.4, 0.5) is 5.69 Å². The van der Waals surface area contributed by atoms with E-state index in [0.29, 0.717) is 21.6 Å². The van der Waals surface area contributed by atoms with Crippen LogP contribution in [0, 0.1) is 13.8 Å². The van der Waals surface area contributed by atoms with Crippen molar-refractivity contribution in [3.63, 3.8) is 0 Å². The average molecular weight is 466 g/mol. The molecule has 1 aliphatic rings. The van der Waals surface area contributed by atoms with Crippen LogP contribution in [0.1, 0.15) is 23.9 Å². The largest absolute Gasteiger partial charge is 0.497 e. The molecule has 0 unspecified atom stereocenters. The van der Waals surface area contributed by atoms with Crippen LogP contribution >= 0.6 is 23.4 Å². The number of aromatic nitrogens is 1. The predicted octanol–water partition coefficient (Wildman–Crippen LogP) is 6.38. The molecule has 2 heterocycles. The minimum Gasteiger partial charge on any atom is -0.497 e. The van der Waals surface area contributed by atoms with Gasteiger partial charge in [0.15, 0.2) is 5.17 Å². The lowest BCUT2D eigenvalue weighted by molar-refractivity contribution is -0.122. The molecule has 1 saturated heterocycles. The molecule has 0 aliphatic carbocycles. The molecule has 1 fully saturated rings. The molecule has 1 aliphatic heterocycles. The summed E-state index contributed by atoms with van der Waals surface area (Å²) < 4.78 is 7.32. The molecular formula is C25H24ClN3O2S. The molecule has 1 amide bonds. The van der Waals surface area contributed by atoms with E-state index >= 15 is 0 Å². The van der Waals surface area contributed by atoms with Crippen LogP contribution in [-0.4, -0.2) is 34.2 Å². The van der Waals surface area contributed by atoms with Crippen molar-refractivity contribution < 1.29 is 9.53 Å². The summed E-state index contributed by atoms with van der Waals surface area (Å²) in [5.74, 6) is 0.734. The van der Waals surface area contributed by atoms with Gasteiger partial charge in [-0.15, -0.1) is 0 Å². The van der Waals surface area contributed by atoms with E-state index in [0.717, 1.165) is 34.1 Å². The fourth-order valence-corrected chi connectivity index (χ4v) is 4.99. The maximum absolute atomic E-state index is 13.1. The molecular weight excluding hydrogens is 442 g/mol. The van der Waals surface area contributed by atoms with Gasteiger partial charge < -0.3 is 9.30 Å². The number of methoxy groups -OCH3 is 1. The highest BCUT2D eigenvalue weighted by molar-refractivity contribution is 8.18. The minimum absolute atomic E-state index is 0.0349. The number of likely N-dealkylation sites (N-methyl/N-ethyl adjacent to an activating group) is 1. The maximum Gasteiger partial charge on any atom is 0.266 e. The van der Waals surface area contributed by atoms with Crippen LogP contribution in [0.3, 0.4) is 0 Å². The molecule has 164 valence electrons. The summed E-state index contributed by atoms with van der Waals surface area (Å²) in [4.78, 5) is 20.1. The summed E-state index contributed by atoms with van der Waals surface area (Å²) in [6.07, 6.45) is 1.95. The number of rotatable bonds is 5. The van der Waals surface area contributed by atoms with Gasteiger partial charge in [-0.1, -0.05) is 23.7 Å². The number of carbonyl (C=O) groups is 1. The Labute approximate surface area is 197 Å². The Morgan fingerprint density at radius 3 is 2.50 bits per heavy atom. The first-order chi connectivity index (χ1) is 15.4. The predicted molar refractivity (Wildman–Crippen MR) is 133 cm³/mol. The lowest BCUT2D eigenvalue weighted by Crippen LogP contribution is -2.28. The first-order valence-corrected chi connectivity index (χ1v) is 11.5. The van der Waals surface area contributed by atoms with Gasteiger partial charge in [0.2, 0.25) is 0 Å².